The molecule has 1 amide bonds. The molecule has 2 heteroatoms. The minimum atomic E-state index is 0.0565. The zero-order chi connectivity index (χ0) is 16.4. The standard InChI is InChI=1S/C21H21NO/c1-15-11-12-18(13-16(15)2)21(23)22(3)14-19-9-6-8-17-7-4-5-10-20(17)19/h4-13H,14H2,1-3H3. The molecule has 0 spiro atoms. The first kappa shape index (κ1) is 15.3. The van der Waals surface area contributed by atoms with E-state index >= 15 is 0 Å². The minimum absolute atomic E-state index is 0.0565. The van der Waals surface area contributed by atoms with Crippen LogP contribution in [0.3, 0.4) is 0 Å². The molecule has 0 saturated carbocycles. The van der Waals surface area contributed by atoms with Gasteiger partial charge in [-0.3, -0.25) is 4.79 Å². The van der Waals surface area contributed by atoms with Crippen LogP contribution >= 0.6 is 0 Å². The van der Waals surface area contributed by atoms with E-state index in [0.29, 0.717) is 6.54 Å². The maximum absolute atomic E-state index is 12.7. The molecule has 3 aromatic rings. The van der Waals surface area contributed by atoms with Crippen LogP contribution in [0, 0.1) is 13.8 Å². The van der Waals surface area contributed by atoms with Crippen LogP contribution in [0.4, 0.5) is 0 Å². The van der Waals surface area contributed by atoms with Crippen molar-refractivity contribution >= 4 is 16.7 Å². The van der Waals surface area contributed by atoms with Gasteiger partial charge in [0.25, 0.3) is 5.91 Å². The Kier molecular flexibility index (Phi) is 4.16. The van der Waals surface area contributed by atoms with Crippen molar-refractivity contribution in [1.29, 1.82) is 0 Å². The molecule has 0 saturated heterocycles. The van der Waals surface area contributed by atoms with E-state index in [-0.39, 0.29) is 5.91 Å². The first-order valence-electron chi connectivity index (χ1n) is 7.85. The molecule has 0 aliphatic carbocycles. The summed E-state index contributed by atoms with van der Waals surface area (Å²) in [5.74, 6) is 0.0565. The van der Waals surface area contributed by atoms with Crippen molar-refractivity contribution in [2.24, 2.45) is 0 Å². The van der Waals surface area contributed by atoms with E-state index in [1.54, 1.807) is 4.90 Å². The maximum atomic E-state index is 12.7. The van der Waals surface area contributed by atoms with Crippen molar-refractivity contribution in [3.8, 4) is 0 Å². The van der Waals surface area contributed by atoms with Crippen LogP contribution in [0.15, 0.2) is 60.7 Å². The number of fused-ring (bicyclic) bond motifs is 1. The predicted octanol–water partition coefficient (Wildman–Crippen LogP) is 4.73. The Bertz CT molecular complexity index is 861. The molecule has 0 unspecified atom stereocenters. The summed E-state index contributed by atoms with van der Waals surface area (Å²) in [6, 6.07) is 20.4. The summed E-state index contributed by atoms with van der Waals surface area (Å²) in [5.41, 5.74) is 4.27. The van der Waals surface area contributed by atoms with E-state index in [2.05, 4.69) is 31.2 Å². The fourth-order valence-electron chi connectivity index (χ4n) is 2.85. The molecular formula is C21H21NO. The van der Waals surface area contributed by atoms with E-state index in [1.165, 1.54) is 21.9 Å². The zero-order valence-corrected chi connectivity index (χ0v) is 13.8. The summed E-state index contributed by atoms with van der Waals surface area (Å²) >= 11 is 0. The summed E-state index contributed by atoms with van der Waals surface area (Å²) in [7, 11) is 1.86. The van der Waals surface area contributed by atoms with Crippen LogP contribution < -0.4 is 0 Å². The Labute approximate surface area is 137 Å². The van der Waals surface area contributed by atoms with Gasteiger partial charge in [0, 0.05) is 19.2 Å². The van der Waals surface area contributed by atoms with Crippen LogP contribution in [0.5, 0.6) is 0 Å². The second-order valence-corrected chi connectivity index (χ2v) is 6.10. The number of rotatable bonds is 3. The molecule has 116 valence electrons. The predicted molar refractivity (Wildman–Crippen MR) is 95.7 cm³/mol. The molecule has 0 aromatic heterocycles. The van der Waals surface area contributed by atoms with Crippen LogP contribution in [0.2, 0.25) is 0 Å². The number of nitrogens with zero attached hydrogens (tertiary/aromatic N) is 1. The number of hydrogen-bond acceptors (Lipinski definition) is 1. The van der Waals surface area contributed by atoms with E-state index in [4.69, 9.17) is 0 Å². The summed E-state index contributed by atoms with van der Waals surface area (Å²) in [5, 5.41) is 2.41. The highest BCUT2D eigenvalue weighted by molar-refractivity contribution is 5.94. The first-order valence-corrected chi connectivity index (χ1v) is 7.85. The fourth-order valence-corrected chi connectivity index (χ4v) is 2.85. The molecule has 0 atom stereocenters. The Morgan fingerprint density at radius 1 is 0.913 bits per heavy atom. The third kappa shape index (κ3) is 3.11. The van der Waals surface area contributed by atoms with Crippen molar-refractivity contribution < 1.29 is 4.79 Å². The van der Waals surface area contributed by atoms with Gasteiger partial charge in [-0.05, 0) is 53.4 Å². The third-order valence-electron chi connectivity index (χ3n) is 4.39. The van der Waals surface area contributed by atoms with Crippen molar-refractivity contribution in [3.05, 3.63) is 82.9 Å². The van der Waals surface area contributed by atoms with Gasteiger partial charge in [0.1, 0.15) is 0 Å². The molecule has 0 fully saturated rings. The molecule has 0 aliphatic heterocycles. The lowest BCUT2D eigenvalue weighted by Gasteiger charge is -2.19. The second-order valence-electron chi connectivity index (χ2n) is 6.10. The van der Waals surface area contributed by atoms with Gasteiger partial charge in [-0.15, -0.1) is 0 Å². The van der Waals surface area contributed by atoms with Gasteiger partial charge in [-0.2, -0.15) is 0 Å². The highest BCUT2D eigenvalue weighted by Gasteiger charge is 2.13. The minimum Gasteiger partial charge on any atom is -0.337 e. The summed E-state index contributed by atoms with van der Waals surface area (Å²) in [6.45, 7) is 4.70. The first-order chi connectivity index (χ1) is 11.1. The van der Waals surface area contributed by atoms with Gasteiger partial charge >= 0.3 is 0 Å². The highest BCUT2D eigenvalue weighted by Crippen LogP contribution is 2.20. The Balaban J connectivity index is 1.86. The van der Waals surface area contributed by atoms with E-state index in [0.717, 1.165) is 11.1 Å². The average Bonchev–Trinajstić information content (AvgIpc) is 2.57. The molecule has 0 N–H and O–H groups in total. The number of hydrogen-bond donors (Lipinski definition) is 0. The molecule has 23 heavy (non-hydrogen) atoms. The monoisotopic (exact) mass is 303 g/mol. The van der Waals surface area contributed by atoms with E-state index < -0.39 is 0 Å². The SMILES string of the molecule is Cc1ccc(C(=O)N(C)Cc2cccc3ccccc23)cc1C. The summed E-state index contributed by atoms with van der Waals surface area (Å²) in [4.78, 5) is 14.5. The summed E-state index contributed by atoms with van der Waals surface area (Å²) in [6.07, 6.45) is 0. The fraction of sp³-hybridized carbons (Fsp3) is 0.190. The van der Waals surface area contributed by atoms with Crippen molar-refractivity contribution in [1.82, 2.24) is 4.90 Å². The number of carbonyl (C=O) groups is 1. The lowest BCUT2D eigenvalue weighted by molar-refractivity contribution is 0.0785. The number of amides is 1. The Morgan fingerprint density at radius 3 is 2.43 bits per heavy atom. The topological polar surface area (TPSA) is 20.3 Å². The van der Waals surface area contributed by atoms with Gasteiger partial charge < -0.3 is 4.90 Å². The van der Waals surface area contributed by atoms with Crippen molar-refractivity contribution in [2.75, 3.05) is 7.05 Å². The third-order valence-corrected chi connectivity index (χ3v) is 4.39. The number of benzene rings is 3. The van der Waals surface area contributed by atoms with Crippen LogP contribution in [0.1, 0.15) is 27.0 Å². The van der Waals surface area contributed by atoms with Crippen molar-refractivity contribution in [3.63, 3.8) is 0 Å². The highest BCUT2D eigenvalue weighted by atomic mass is 16.2. The van der Waals surface area contributed by atoms with Gasteiger partial charge in [-0.25, -0.2) is 0 Å². The molecule has 0 heterocycles. The number of aryl methyl sites for hydroxylation is 2. The van der Waals surface area contributed by atoms with Crippen LogP contribution in [0.25, 0.3) is 10.8 Å². The smallest absolute Gasteiger partial charge is 0.253 e. The molecular weight excluding hydrogens is 282 g/mol. The molecule has 0 bridgehead atoms. The molecule has 0 radical (unpaired) electrons. The second kappa shape index (κ2) is 6.25. The molecule has 0 aliphatic rings. The lowest BCUT2D eigenvalue weighted by atomic mass is 10.0. The Hall–Kier alpha value is -2.61. The molecule has 2 nitrogen and oxygen atoms in total. The molecule has 3 aromatic carbocycles. The van der Waals surface area contributed by atoms with Gasteiger partial charge in [0.05, 0.1) is 0 Å². The largest absolute Gasteiger partial charge is 0.337 e. The van der Waals surface area contributed by atoms with E-state index in [9.17, 15) is 4.79 Å². The lowest BCUT2D eigenvalue weighted by Crippen LogP contribution is -2.26. The number of carbonyl (C=O) groups excluding carboxylic acids is 1. The molecule has 3 rings (SSSR count). The van der Waals surface area contributed by atoms with E-state index in [1.807, 2.05) is 50.4 Å². The Morgan fingerprint density at radius 2 is 1.65 bits per heavy atom. The van der Waals surface area contributed by atoms with Gasteiger partial charge in [0.15, 0.2) is 0 Å². The van der Waals surface area contributed by atoms with Gasteiger partial charge in [0.2, 0.25) is 0 Å². The van der Waals surface area contributed by atoms with Crippen LogP contribution in [-0.4, -0.2) is 17.9 Å². The quantitative estimate of drug-likeness (QED) is 0.685. The zero-order valence-electron chi connectivity index (χ0n) is 13.8. The maximum Gasteiger partial charge on any atom is 0.253 e. The summed E-state index contributed by atoms with van der Waals surface area (Å²) < 4.78 is 0. The van der Waals surface area contributed by atoms with Gasteiger partial charge in [-0.1, -0.05) is 48.5 Å². The van der Waals surface area contributed by atoms with Crippen molar-refractivity contribution in [2.45, 2.75) is 20.4 Å². The normalized spacial score (nSPS) is 10.7. The average molecular weight is 303 g/mol. The van der Waals surface area contributed by atoms with Crippen LogP contribution in [-0.2, 0) is 6.54 Å².